The van der Waals surface area contributed by atoms with E-state index in [2.05, 4.69) is 26.5 Å². The van der Waals surface area contributed by atoms with Gasteiger partial charge in [0.2, 0.25) is 0 Å². The summed E-state index contributed by atoms with van der Waals surface area (Å²) in [6.45, 7) is 8.59. The second kappa shape index (κ2) is 10.4. The average molecular weight is 461 g/mol. The highest BCUT2D eigenvalue weighted by Crippen LogP contribution is 2.25. The van der Waals surface area contributed by atoms with Crippen molar-refractivity contribution < 1.29 is 9.63 Å². The molecule has 0 spiro atoms. The molecular weight excluding hydrogens is 428 g/mol. The number of amides is 1. The molecule has 0 atom stereocenters. The molecule has 1 aliphatic rings. The van der Waals surface area contributed by atoms with Crippen molar-refractivity contribution in [2.24, 2.45) is 10.9 Å². The number of rotatable bonds is 8. The zero-order valence-corrected chi connectivity index (χ0v) is 20.0. The number of aromatic nitrogens is 2. The molecule has 0 radical (unpaired) electrons. The number of amidine groups is 1. The first kappa shape index (κ1) is 23.4. The Bertz CT molecular complexity index is 1190. The fraction of sp³-hybridized carbons (Fsp3) is 0.346. The first-order valence-corrected chi connectivity index (χ1v) is 11.6. The lowest BCUT2D eigenvalue weighted by Crippen LogP contribution is -2.20. The lowest BCUT2D eigenvalue weighted by atomic mass is 10.1. The van der Waals surface area contributed by atoms with Gasteiger partial charge in [-0.1, -0.05) is 23.4 Å². The summed E-state index contributed by atoms with van der Waals surface area (Å²) < 4.78 is 1.95. The van der Waals surface area contributed by atoms with Crippen molar-refractivity contribution in [3.8, 4) is 0 Å². The number of nitrogens with one attached hydrogen (secondary N) is 1. The lowest BCUT2D eigenvalue weighted by molar-refractivity contribution is -0.120. The quantitative estimate of drug-likeness (QED) is 0.303. The molecule has 8 nitrogen and oxygen atoms in total. The fourth-order valence-electron chi connectivity index (χ4n) is 4.20. The lowest BCUT2D eigenvalue weighted by Gasteiger charge is -2.19. The van der Waals surface area contributed by atoms with Gasteiger partial charge in [0, 0.05) is 35.7 Å². The molecule has 1 aromatic heterocycles. The third kappa shape index (κ3) is 5.75. The molecule has 34 heavy (non-hydrogen) atoms. The maximum Gasteiger partial charge on any atom is 0.265 e. The van der Waals surface area contributed by atoms with Crippen molar-refractivity contribution in [2.75, 3.05) is 29.9 Å². The van der Waals surface area contributed by atoms with Crippen molar-refractivity contribution >= 4 is 23.1 Å². The van der Waals surface area contributed by atoms with Crippen LogP contribution in [0, 0.1) is 20.8 Å². The van der Waals surface area contributed by atoms with Gasteiger partial charge >= 0.3 is 0 Å². The van der Waals surface area contributed by atoms with Crippen molar-refractivity contribution in [3.63, 3.8) is 0 Å². The minimum atomic E-state index is -0.285. The minimum Gasteiger partial charge on any atom is -0.384 e. The van der Waals surface area contributed by atoms with Crippen molar-refractivity contribution in [2.45, 2.75) is 40.2 Å². The SMILES string of the molecule is Cc1cc(C)n(Cc2cccc(/C(N)=N/OCC(=O)Nc3ccc(N4CCCC4)cc3C)c2)n1. The minimum absolute atomic E-state index is 0.217. The molecule has 8 heteroatoms. The highest BCUT2D eigenvalue weighted by Gasteiger charge is 2.14. The van der Waals surface area contributed by atoms with Gasteiger partial charge in [0.05, 0.1) is 12.2 Å². The maximum absolute atomic E-state index is 12.3. The van der Waals surface area contributed by atoms with E-state index < -0.39 is 0 Å². The normalized spacial score (nSPS) is 13.9. The van der Waals surface area contributed by atoms with Gasteiger partial charge in [-0.3, -0.25) is 9.48 Å². The summed E-state index contributed by atoms with van der Waals surface area (Å²) >= 11 is 0. The predicted octanol–water partition coefficient (Wildman–Crippen LogP) is 3.73. The number of benzene rings is 2. The average Bonchev–Trinajstić information content (AvgIpc) is 3.45. The zero-order chi connectivity index (χ0) is 24.1. The van der Waals surface area contributed by atoms with Crippen LogP contribution in [0.1, 0.15) is 40.9 Å². The van der Waals surface area contributed by atoms with Gasteiger partial charge in [0.25, 0.3) is 5.91 Å². The topological polar surface area (TPSA) is 97.8 Å². The van der Waals surface area contributed by atoms with Crippen LogP contribution in [-0.2, 0) is 16.2 Å². The van der Waals surface area contributed by atoms with Crippen LogP contribution in [0.15, 0.2) is 53.7 Å². The van der Waals surface area contributed by atoms with Gasteiger partial charge in [-0.25, -0.2) is 0 Å². The molecular formula is C26H32N6O2. The molecule has 3 N–H and O–H groups in total. The van der Waals surface area contributed by atoms with Crippen LogP contribution < -0.4 is 16.0 Å². The number of hydrogen-bond donors (Lipinski definition) is 2. The van der Waals surface area contributed by atoms with E-state index in [0.29, 0.717) is 6.54 Å². The molecule has 0 bridgehead atoms. The van der Waals surface area contributed by atoms with Crippen LogP contribution in [0.25, 0.3) is 0 Å². The Balaban J connectivity index is 1.31. The Kier molecular flexibility index (Phi) is 7.15. The maximum atomic E-state index is 12.3. The van der Waals surface area contributed by atoms with Crippen molar-refractivity contribution in [1.82, 2.24) is 9.78 Å². The number of nitrogens with zero attached hydrogens (tertiary/aromatic N) is 4. The fourth-order valence-corrected chi connectivity index (χ4v) is 4.20. The first-order chi connectivity index (χ1) is 16.4. The smallest absolute Gasteiger partial charge is 0.265 e. The molecule has 2 aromatic carbocycles. The zero-order valence-electron chi connectivity index (χ0n) is 20.0. The van der Waals surface area contributed by atoms with E-state index in [1.807, 2.05) is 67.9 Å². The third-order valence-corrected chi connectivity index (χ3v) is 5.97. The first-order valence-electron chi connectivity index (χ1n) is 11.6. The summed E-state index contributed by atoms with van der Waals surface area (Å²) in [4.78, 5) is 19.9. The van der Waals surface area contributed by atoms with Gasteiger partial charge < -0.3 is 20.8 Å². The van der Waals surface area contributed by atoms with Crippen LogP contribution >= 0.6 is 0 Å². The van der Waals surface area contributed by atoms with Crippen LogP contribution in [0.3, 0.4) is 0 Å². The van der Waals surface area contributed by atoms with Gasteiger partial charge in [0.15, 0.2) is 12.4 Å². The highest BCUT2D eigenvalue weighted by atomic mass is 16.6. The van der Waals surface area contributed by atoms with Crippen molar-refractivity contribution in [3.05, 3.63) is 76.6 Å². The van der Waals surface area contributed by atoms with Crippen molar-refractivity contribution in [1.29, 1.82) is 0 Å². The van der Waals surface area contributed by atoms with E-state index in [0.717, 1.165) is 46.9 Å². The Morgan fingerprint density at radius 3 is 2.62 bits per heavy atom. The van der Waals surface area contributed by atoms with E-state index >= 15 is 0 Å². The van der Waals surface area contributed by atoms with Gasteiger partial charge in [0.1, 0.15) is 0 Å². The molecule has 0 unspecified atom stereocenters. The van der Waals surface area contributed by atoms with E-state index in [4.69, 9.17) is 10.6 Å². The molecule has 1 amide bonds. The van der Waals surface area contributed by atoms with E-state index in [1.54, 1.807) is 0 Å². The summed E-state index contributed by atoms with van der Waals surface area (Å²) in [6, 6.07) is 15.9. The van der Waals surface area contributed by atoms with Gasteiger partial charge in [-0.2, -0.15) is 5.10 Å². The molecule has 0 saturated carbocycles. The van der Waals surface area contributed by atoms with E-state index in [1.165, 1.54) is 18.5 Å². The Hall–Kier alpha value is -3.81. The third-order valence-electron chi connectivity index (χ3n) is 5.97. The van der Waals surface area contributed by atoms with Crippen LogP contribution in [0.5, 0.6) is 0 Å². The molecule has 2 heterocycles. The number of nitrogens with two attached hydrogens (primary N) is 1. The number of carbonyl (C=O) groups is 1. The highest BCUT2D eigenvalue weighted by molar-refractivity contribution is 5.97. The van der Waals surface area contributed by atoms with E-state index in [-0.39, 0.29) is 18.3 Å². The van der Waals surface area contributed by atoms with Crippen LogP contribution in [0.4, 0.5) is 11.4 Å². The molecule has 1 fully saturated rings. The van der Waals surface area contributed by atoms with E-state index in [9.17, 15) is 4.79 Å². The number of oxime groups is 1. The predicted molar refractivity (Wildman–Crippen MR) is 135 cm³/mol. The summed E-state index contributed by atoms with van der Waals surface area (Å²) in [5.74, 6) is -0.0685. The Labute approximate surface area is 200 Å². The van der Waals surface area contributed by atoms with Gasteiger partial charge in [-0.05, 0) is 75.1 Å². The second-order valence-electron chi connectivity index (χ2n) is 8.78. The number of hydrogen-bond acceptors (Lipinski definition) is 5. The number of aryl methyl sites for hydroxylation is 3. The number of anilines is 2. The summed E-state index contributed by atoms with van der Waals surface area (Å²) in [7, 11) is 0. The summed E-state index contributed by atoms with van der Waals surface area (Å²) in [5.41, 5.74) is 12.9. The Morgan fingerprint density at radius 2 is 1.91 bits per heavy atom. The number of carbonyl (C=O) groups excluding carboxylic acids is 1. The van der Waals surface area contributed by atoms with Gasteiger partial charge in [-0.15, -0.1) is 0 Å². The molecule has 1 saturated heterocycles. The monoisotopic (exact) mass is 460 g/mol. The molecule has 4 rings (SSSR count). The molecule has 3 aromatic rings. The molecule has 0 aliphatic carbocycles. The second-order valence-corrected chi connectivity index (χ2v) is 8.78. The summed E-state index contributed by atoms with van der Waals surface area (Å²) in [5, 5.41) is 11.3. The Morgan fingerprint density at radius 1 is 1.12 bits per heavy atom. The van der Waals surface area contributed by atoms with Crippen LogP contribution in [0.2, 0.25) is 0 Å². The standard InChI is InChI=1S/C26H32N6O2/c1-18-13-23(31-11-4-5-12-31)9-10-24(18)28-25(33)17-34-30-26(27)22-8-6-7-21(15-22)16-32-20(3)14-19(2)29-32/h6-10,13-15H,4-5,11-12,16-17H2,1-3H3,(H2,27,30)(H,28,33). The summed E-state index contributed by atoms with van der Waals surface area (Å²) in [6.07, 6.45) is 2.46. The van der Waals surface area contributed by atoms with Crippen LogP contribution in [-0.4, -0.2) is 41.2 Å². The molecule has 178 valence electrons. The molecule has 1 aliphatic heterocycles. The largest absolute Gasteiger partial charge is 0.384 e.